The maximum absolute atomic E-state index is 12.4. The maximum Gasteiger partial charge on any atom is 0.224 e. The van der Waals surface area contributed by atoms with Crippen LogP contribution in [0.25, 0.3) is 0 Å². The fraction of sp³-hybridized carbons (Fsp3) is 0.588. The Kier molecular flexibility index (Phi) is 6.66. The molecule has 2 rings (SSSR count). The van der Waals surface area contributed by atoms with Crippen LogP contribution in [0.4, 0.5) is 0 Å². The van der Waals surface area contributed by atoms with Crippen LogP contribution in [0.3, 0.4) is 0 Å². The number of hydrogen-bond acceptors (Lipinski definition) is 5. The highest BCUT2D eigenvalue weighted by Crippen LogP contribution is 2.27. The van der Waals surface area contributed by atoms with Gasteiger partial charge in [0, 0.05) is 19.6 Å². The van der Waals surface area contributed by atoms with E-state index >= 15 is 0 Å². The quantitative estimate of drug-likeness (QED) is 0.784. The lowest BCUT2D eigenvalue weighted by Gasteiger charge is -2.30. The van der Waals surface area contributed by atoms with E-state index in [1.165, 1.54) is 4.31 Å². The molecule has 1 N–H and O–H groups in total. The maximum atomic E-state index is 12.4. The molecule has 0 aromatic heterocycles. The number of nitrogens with one attached hydrogen (secondary N) is 1. The highest BCUT2D eigenvalue weighted by Gasteiger charge is 2.31. The minimum Gasteiger partial charge on any atom is -0.493 e. The summed E-state index contributed by atoms with van der Waals surface area (Å²) in [7, 11) is -0.120. The molecule has 1 aliphatic rings. The molecule has 0 aliphatic carbocycles. The first-order valence-corrected chi connectivity index (χ1v) is 9.98. The average molecular weight is 370 g/mol. The Balaban J connectivity index is 1.96. The summed E-state index contributed by atoms with van der Waals surface area (Å²) in [4.78, 5) is 12.4. The molecular formula is C17H26N2O5S. The van der Waals surface area contributed by atoms with Gasteiger partial charge in [-0.05, 0) is 37.5 Å². The molecule has 1 aromatic rings. The number of nitrogens with zero attached hydrogens (tertiary/aromatic N) is 1. The van der Waals surface area contributed by atoms with Crippen molar-refractivity contribution in [3.05, 3.63) is 23.8 Å². The van der Waals surface area contributed by atoms with E-state index in [-0.39, 0.29) is 24.1 Å². The van der Waals surface area contributed by atoms with Crippen molar-refractivity contribution < 1.29 is 22.7 Å². The van der Waals surface area contributed by atoms with Crippen molar-refractivity contribution >= 4 is 15.9 Å². The van der Waals surface area contributed by atoms with Crippen molar-refractivity contribution in [3.63, 3.8) is 0 Å². The molecule has 140 valence electrons. The Morgan fingerprint density at radius 1 is 1.28 bits per heavy atom. The van der Waals surface area contributed by atoms with Crippen LogP contribution in [0.5, 0.6) is 11.5 Å². The van der Waals surface area contributed by atoms with Gasteiger partial charge in [0.05, 0.1) is 25.9 Å². The fourth-order valence-corrected chi connectivity index (χ4v) is 4.10. The molecule has 1 fully saturated rings. The van der Waals surface area contributed by atoms with Crippen molar-refractivity contribution in [1.29, 1.82) is 0 Å². The van der Waals surface area contributed by atoms with E-state index in [1.807, 2.05) is 12.1 Å². The molecule has 25 heavy (non-hydrogen) atoms. The second kappa shape index (κ2) is 8.53. The number of methoxy groups -OCH3 is 2. The summed E-state index contributed by atoms with van der Waals surface area (Å²) in [5.41, 5.74) is 0.889. The molecule has 1 aromatic carbocycles. The van der Waals surface area contributed by atoms with Crippen molar-refractivity contribution in [2.24, 2.45) is 5.92 Å². The first-order chi connectivity index (χ1) is 11.9. The van der Waals surface area contributed by atoms with Crippen LogP contribution in [0.2, 0.25) is 0 Å². The van der Waals surface area contributed by atoms with Crippen LogP contribution < -0.4 is 14.8 Å². The molecule has 1 amide bonds. The molecule has 7 nitrogen and oxygen atoms in total. The topological polar surface area (TPSA) is 84.9 Å². The molecule has 1 saturated heterocycles. The van der Waals surface area contributed by atoms with E-state index < -0.39 is 10.0 Å². The van der Waals surface area contributed by atoms with Gasteiger partial charge in [-0.3, -0.25) is 4.79 Å². The Morgan fingerprint density at radius 2 is 2.00 bits per heavy atom. The van der Waals surface area contributed by atoms with Crippen molar-refractivity contribution in [1.82, 2.24) is 9.62 Å². The zero-order chi connectivity index (χ0) is 18.4. The Bertz CT molecular complexity index is 705. The third-order valence-corrected chi connectivity index (χ3v) is 6.28. The summed E-state index contributed by atoms with van der Waals surface area (Å²) in [6.45, 7) is 2.73. The third kappa shape index (κ3) is 4.85. The van der Waals surface area contributed by atoms with Gasteiger partial charge < -0.3 is 14.8 Å². The van der Waals surface area contributed by atoms with E-state index in [2.05, 4.69) is 5.32 Å². The number of piperidine rings is 1. The van der Waals surface area contributed by atoms with Crippen LogP contribution >= 0.6 is 0 Å². The highest BCUT2D eigenvalue weighted by atomic mass is 32.2. The van der Waals surface area contributed by atoms with Gasteiger partial charge in [-0.2, -0.15) is 0 Å². The lowest BCUT2D eigenvalue weighted by molar-refractivity contribution is -0.126. The first kappa shape index (κ1) is 19.5. The van der Waals surface area contributed by atoms with Crippen LogP contribution in [0, 0.1) is 5.92 Å². The van der Waals surface area contributed by atoms with Gasteiger partial charge in [-0.1, -0.05) is 6.07 Å². The molecule has 0 spiro atoms. The van der Waals surface area contributed by atoms with Crippen LogP contribution in [0.15, 0.2) is 18.2 Å². The van der Waals surface area contributed by atoms with Gasteiger partial charge in [0.2, 0.25) is 15.9 Å². The predicted molar refractivity (Wildman–Crippen MR) is 95.2 cm³/mol. The van der Waals surface area contributed by atoms with Gasteiger partial charge in [-0.25, -0.2) is 12.7 Å². The van der Waals surface area contributed by atoms with Gasteiger partial charge in [0.25, 0.3) is 0 Å². The molecule has 0 bridgehead atoms. The molecular weight excluding hydrogens is 344 g/mol. The standard InChI is InChI=1S/C17H26N2O5S/c1-4-25(21,22)19-9-5-6-14(12-19)17(20)18-11-13-7-8-15(23-2)16(10-13)24-3/h7-8,10,14H,4-6,9,11-12H2,1-3H3,(H,18,20)/t14-/m0/s1. The smallest absolute Gasteiger partial charge is 0.224 e. The molecule has 1 atom stereocenters. The Morgan fingerprint density at radius 3 is 2.64 bits per heavy atom. The molecule has 8 heteroatoms. The molecule has 0 saturated carbocycles. The van der Waals surface area contributed by atoms with Crippen molar-refractivity contribution in [2.45, 2.75) is 26.3 Å². The van der Waals surface area contributed by atoms with Gasteiger partial charge >= 0.3 is 0 Å². The predicted octanol–water partition coefficient (Wildman–Crippen LogP) is 1.38. The SMILES string of the molecule is CCS(=O)(=O)N1CCC[C@H](C(=O)NCc2ccc(OC)c(OC)c2)C1. The molecule has 0 radical (unpaired) electrons. The van der Waals surface area contributed by atoms with Gasteiger partial charge in [-0.15, -0.1) is 0 Å². The number of rotatable bonds is 7. The zero-order valence-electron chi connectivity index (χ0n) is 14.9. The van der Waals surface area contributed by atoms with Crippen LogP contribution in [0.1, 0.15) is 25.3 Å². The largest absolute Gasteiger partial charge is 0.493 e. The second-order valence-electron chi connectivity index (χ2n) is 6.00. The van der Waals surface area contributed by atoms with E-state index in [0.717, 1.165) is 5.56 Å². The minimum absolute atomic E-state index is 0.0625. The zero-order valence-corrected chi connectivity index (χ0v) is 15.8. The Labute approximate surface area is 149 Å². The average Bonchev–Trinajstić information content (AvgIpc) is 2.65. The molecule has 0 unspecified atom stereocenters. The van der Waals surface area contributed by atoms with Gasteiger partial charge in [0.15, 0.2) is 11.5 Å². The lowest BCUT2D eigenvalue weighted by Crippen LogP contribution is -2.45. The van der Waals surface area contributed by atoms with E-state index in [0.29, 0.717) is 37.4 Å². The number of benzene rings is 1. The number of ether oxygens (including phenoxy) is 2. The summed E-state index contributed by atoms with van der Waals surface area (Å²) in [6.07, 6.45) is 1.40. The molecule has 1 aliphatic heterocycles. The molecule has 1 heterocycles. The number of sulfonamides is 1. The summed E-state index contributed by atoms with van der Waals surface area (Å²) in [5.74, 6) is 0.867. The monoisotopic (exact) mass is 370 g/mol. The van der Waals surface area contributed by atoms with Crippen LogP contribution in [-0.4, -0.2) is 51.7 Å². The number of amides is 1. The van der Waals surface area contributed by atoms with E-state index in [4.69, 9.17) is 9.47 Å². The highest BCUT2D eigenvalue weighted by molar-refractivity contribution is 7.89. The van der Waals surface area contributed by atoms with E-state index in [9.17, 15) is 13.2 Å². The number of carbonyl (C=O) groups excluding carboxylic acids is 1. The van der Waals surface area contributed by atoms with E-state index in [1.54, 1.807) is 27.2 Å². The summed E-state index contributed by atoms with van der Waals surface area (Å²) in [6, 6.07) is 5.46. The van der Waals surface area contributed by atoms with Crippen molar-refractivity contribution in [2.75, 3.05) is 33.1 Å². The first-order valence-electron chi connectivity index (χ1n) is 8.37. The second-order valence-corrected chi connectivity index (χ2v) is 8.26. The summed E-state index contributed by atoms with van der Waals surface area (Å²) < 4.78 is 35.9. The fourth-order valence-electron chi connectivity index (χ4n) is 2.92. The summed E-state index contributed by atoms with van der Waals surface area (Å²) >= 11 is 0. The van der Waals surface area contributed by atoms with Crippen molar-refractivity contribution in [3.8, 4) is 11.5 Å². The minimum atomic E-state index is -3.25. The van der Waals surface area contributed by atoms with Gasteiger partial charge in [0.1, 0.15) is 0 Å². The summed E-state index contributed by atoms with van der Waals surface area (Å²) in [5, 5.41) is 2.89. The Hall–Kier alpha value is -1.80. The lowest BCUT2D eigenvalue weighted by atomic mass is 9.98. The third-order valence-electron chi connectivity index (χ3n) is 4.43. The number of hydrogen-bond donors (Lipinski definition) is 1. The normalized spacial score (nSPS) is 18.6. The van der Waals surface area contributed by atoms with Crippen LogP contribution in [-0.2, 0) is 21.4 Å². The number of carbonyl (C=O) groups is 1.